The van der Waals surface area contributed by atoms with Crippen LogP contribution in [0, 0.1) is 0 Å². The molecular weight excluding hydrogens is 274 g/mol. The zero-order valence-corrected chi connectivity index (χ0v) is 11.7. The van der Waals surface area contributed by atoms with Gasteiger partial charge in [0.05, 0.1) is 11.5 Å². The van der Waals surface area contributed by atoms with Gasteiger partial charge in [0, 0.05) is 11.6 Å². The summed E-state index contributed by atoms with van der Waals surface area (Å²) < 4.78 is 22.8. The molecule has 2 aromatic carbocycles. The Morgan fingerprint density at radius 2 is 1.85 bits per heavy atom. The highest BCUT2D eigenvalue weighted by Gasteiger charge is 2.29. The van der Waals surface area contributed by atoms with E-state index < -0.39 is 9.84 Å². The Balaban J connectivity index is 1.86. The van der Waals surface area contributed by atoms with E-state index in [2.05, 4.69) is 5.32 Å². The van der Waals surface area contributed by atoms with Gasteiger partial charge in [0.1, 0.15) is 0 Å². The van der Waals surface area contributed by atoms with Crippen molar-refractivity contribution in [1.29, 1.82) is 0 Å². The molecule has 1 fully saturated rings. The van der Waals surface area contributed by atoms with Crippen LogP contribution >= 0.6 is 0 Å². The van der Waals surface area contributed by atoms with E-state index in [9.17, 15) is 13.2 Å². The maximum atomic E-state index is 12.3. The van der Waals surface area contributed by atoms with E-state index in [0.717, 1.165) is 10.8 Å². The summed E-state index contributed by atoms with van der Waals surface area (Å²) in [7, 11) is -2.98. The van der Waals surface area contributed by atoms with Crippen LogP contribution in [0.15, 0.2) is 42.5 Å². The van der Waals surface area contributed by atoms with Crippen molar-refractivity contribution in [3.8, 4) is 0 Å². The number of sulfone groups is 1. The van der Waals surface area contributed by atoms with E-state index in [4.69, 9.17) is 0 Å². The van der Waals surface area contributed by atoms with Crippen molar-refractivity contribution in [1.82, 2.24) is 5.32 Å². The Labute approximate surface area is 117 Å². The Hall–Kier alpha value is -1.88. The number of carbonyl (C=O) groups excluding carboxylic acids is 1. The molecule has 1 saturated heterocycles. The van der Waals surface area contributed by atoms with Gasteiger partial charge in [-0.15, -0.1) is 0 Å². The number of nitrogens with one attached hydrogen (secondary N) is 1. The molecule has 0 radical (unpaired) electrons. The molecule has 1 amide bonds. The van der Waals surface area contributed by atoms with E-state index in [1.54, 1.807) is 6.07 Å². The lowest BCUT2D eigenvalue weighted by Gasteiger charge is -2.12. The standard InChI is InChI=1S/C15H15NO3S/c17-15(16-12-8-9-20(18,19)10-12)14-7-3-5-11-4-1-2-6-13(11)14/h1-7,12H,8-10H2,(H,16,17). The van der Waals surface area contributed by atoms with E-state index in [0.29, 0.717) is 12.0 Å². The molecule has 1 aliphatic heterocycles. The van der Waals surface area contributed by atoms with Crippen molar-refractivity contribution < 1.29 is 13.2 Å². The van der Waals surface area contributed by atoms with Crippen LogP contribution in [0.3, 0.4) is 0 Å². The van der Waals surface area contributed by atoms with Crippen molar-refractivity contribution in [2.45, 2.75) is 12.5 Å². The van der Waals surface area contributed by atoms with E-state index in [1.807, 2.05) is 36.4 Å². The van der Waals surface area contributed by atoms with Gasteiger partial charge in [-0.05, 0) is 23.3 Å². The molecule has 0 spiro atoms. The second-order valence-electron chi connectivity index (χ2n) is 5.10. The Morgan fingerprint density at radius 3 is 2.60 bits per heavy atom. The fraction of sp³-hybridized carbons (Fsp3) is 0.267. The predicted molar refractivity (Wildman–Crippen MR) is 78.5 cm³/mol. The first-order valence-electron chi connectivity index (χ1n) is 6.54. The van der Waals surface area contributed by atoms with Crippen LogP contribution in [0.5, 0.6) is 0 Å². The van der Waals surface area contributed by atoms with Crippen LogP contribution in [-0.2, 0) is 9.84 Å². The molecule has 3 rings (SSSR count). The first-order valence-corrected chi connectivity index (χ1v) is 8.36. The summed E-state index contributed by atoms with van der Waals surface area (Å²) in [6.45, 7) is 0. The number of fused-ring (bicyclic) bond motifs is 1. The van der Waals surface area contributed by atoms with Gasteiger partial charge < -0.3 is 5.32 Å². The van der Waals surface area contributed by atoms with Crippen molar-refractivity contribution in [2.24, 2.45) is 0 Å². The third-order valence-electron chi connectivity index (χ3n) is 3.60. The van der Waals surface area contributed by atoms with Crippen molar-refractivity contribution in [3.63, 3.8) is 0 Å². The minimum absolute atomic E-state index is 0.0451. The molecule has 1 unspecified atom stereocenters. The molecule has 1 aliphatic rings. The van der Waals surface area contributed by atoms with Crippen molar-refractivity contribution in [2.75, 3.05) is 11.5 Å². The van der Waals surface area contributed by atoms with Gasteiger partial charge in [-0.1, -0.05) is 36.4 Å². The molecule has 4 nitrogen and oxygen atoms in total. The minimum Gasteiger partial charge on any atom is -0.348 e. The van der Waals surface area contributed by atoms with Gasteiger partial charge in [0.2, 0.25) is 0 Å². The largest absolute Gasteiger partial charge is 0.348 e. The Kier molecular flexibility index (Phi) is 3.22. The van der Waals surface area contributed by atoms with Gasteiger partial charge in [-0.3, -0.25) is 4.79 Å². The number of amides is 1. The topological polar surface area (TPSA) is 63.2 Å². The van der Waals surface area contributed by atoms with E-state index in [-0.39, 0.29) is 23.5 Å². The van der Waals surface area contributed by atoms with Gasteiger partial charge in [0.15, 0.2) is 9.84 Å². The van der Waals surface area contributed by atoms with Gasteiger partial charge in [0.25, 0.3) is 5.91 Å². The maximum Gasteiger partial charge on any atom is 0.252 e. The fourth-order valence-corrected chi connectivity index (χ4v) is 4.27. The summed E-state index contributed by atoms with van der Waals surface area (Å²) in [6, 6.07) is 12.9. The zero-order valence-electron chi connectivity index (χ0n) is 10.9. The number of rotatable bonds is 2. The highest BCUT2D eigenvalue weighted by atomic mass is 32.2. The van der Waals surface area contributed by atoms with Gasteiger partial charge in [-0.25, -0.2) is 8.42 Å². The molecule has 1 N–H and O–H groups in total. The summed E-state index contributed by atoms with van der Waals surface area (Å²) >= 11 is 0. The molecule has 0 aliphatic carbocycles. The molecule has 0 saturated carbocycles. The van der Waals surface area contributed by atoms with Crippen LogP contribution < -0.4 is 5.32 Å². The summed E-state index contributed by atoms with van der Waals surface area (Å²) in [5, 5.41) is 4.71. The molecule has 20 heavy (non-hydrogen) atoms. The van der Waals surface area contributed by atoms with Crippen LogP contribution in [0.4, 0.5) is 0 Å². The first kappa shape index (κ1) is 13.1. The Bertz CT molecular complexity index is 762. The number of hydrogen-bond acceptors (Lipinski definition) is 3. The van der Waals surface area contributed by atoms with Crippen LogP contribution in [-0.4, -0.2) is 31.9 Å². The number of carbonyl (C=O) groups is 1. The molecule has 1 heterocycles. The second-order valence-corrected chi connectivity index (χ2v) is 7.33. The third-order valence-corrected chi connectivity index (χ3v) is 5.37. The summed E-state index contributed by atoms with van der Waals surface area (Å²) in [6.07, 6.45) is 0.499. The van der Waals surface area contributed by atoms with E-state index in [1.165, 1.54) is 0 Å². The maximum absolute atomic E-state index is 12.3. The lowest BCUT2D eigenvalue weighted by atomic mass is 10.0. The average Bonchev–Trinajstić information content (AvgIpc) is 2.77. The predicted octanol–water partition coefficient (Wildman–Crippen LogP) is 1.76. The average molecular weight is 289 g/mol. The highest BCUT2D eigenvalue weighted by molar-refractivity contribution is 7.91. The minimum atomic E-state index is -2.98. The van der Waals surface area contributed by atoms with Crippen molar-refractivity contribution >= 4 is 26.5 Å². The summed E-state index contributed by atoms with van der Waals surface area (Å²) in [5.41, 5.74) is 0.590. The highest BCUT2D eigenvalue weighted by Crippen LogP contribution is 2.19. The van der Waals surface area contributed by atoms with Crippen LogP contribution in [0.2, 0.25) is 0 Å². The molecule has 0 bridgehead atoms. The fourth-order valence-electron chi connectivity index (χ4n) is 2.60. The summed E-state index contributed by atoms with van der Waals surface area (Å²) in [4.78, 5) is 12.3. The SMILES string of the molecule is O=C(NC1CCS(=O)(=O)C1)c1cccc2ccccc12. The molecule has 104 valence electrons. The molecule has 2 aromatic rings. The van der Waals surface area contributed by atoms with Gasteiger partial charge >= 0.3 is 0 Å². The molecule has 1 atom stereocenters. The first-order chi connectivity index (χ1) is 9.55. The van der Waals surface area contributed by atoms with Crippen LogP contribution in [0.25, 0.3) is 10.8 Å². The zero-order chi connectivity index (χ0) is 14.2. The molecule has 5 heteroatoms. The second kappa shape index (κ2) is 4.90. The number of hydrogen-bond donors (Lipinski definition) is 1. The van der Waals surface area contributed by atoms with E-state index >= 15 is 0 Å². The number of benzene rings is 2. The lowest BCUT2D eigenvalue weighted by molar-refractivity contribution is 0.0943. The van der Waals surface area contributed by atoms with Crippen molar-refractivity contribution in [3.05, 3.63) is 48.0 Å². The van der Waals surface area contributed by atoms with Gasteiger partial charge in [-0.2, -0.15) is 0 Å². The molecule has 0 aromatic heterocycles. The summed E-state index contributed by atoms with van der Waals surface area (Å²) in [5.74, 6) is 0.000625. The Morgan fingerprint density at radius 1 is 1.10 bits per heavy atom. The third kappa shape index (κ3) is 2.54. The normalized spacial score (nSPS) is 20.9. The van der Waals surface area contributed by atoms with Crippen LogP contribution in [0.1, 0.15) is 16.8 Å². The molecular formula is C15H15NO3S. The monoisotopic (exact) mass is 289 g/mol. The smallest absolute Gasteiger partial charge is 0.252 e. The lowest BCUT2D eigenvalue weighted by Crippen LogP contribution is -2.35. The quantitative estimate of drug-likeness (QED) is 0.916.